The van der Waals surface area contributed by atoms with Crippen molar-refractivity contribution in [3.63, 3.8) is 0 Å². The van der Waals surface area contributed by atoms with Crippen LogP contribution in [0.5, 0.6) is 0 Å². The zero-order valence-corrected chi connectivity index (χ0v) is 9.73. The largest absolute Gasteiger partial charge is 0.480 e. The van der Waals surface area contributed by atoms with E-state index in [0.29, 0.717) is 17.5 Å². The maximum atomic E-state index is 11.1. The normalized spacial score (nSPS) is 14.5. The molecule has 0 saturated heterocycles. The van der Waals surface area contributed by atoms with Crippen LogP contribution in [0.25, 0.3) is 11.1 Å². The first-order chi connectivity index (χ1) is 8.05. The Morgan fingerprint density at radius 1 is 1.53 bits per heavy atom. The molecule has 0 saturated carbocycles. The average Bonchev–Trinajstić information content (AvgIpc) is 2.70. The summed E-state index contributed by atoms with van der Waals surface area (Å²) >= 11 is 0. The molecular formula is C12H14N2O3. The molecule has 0 fully saturated rings. The quantitative estimate of drug-likeness (QED) is 0.850. The summed E-state index contributed by atoms with van der Waals surface area (Å²) in [4.78, 5) is 15.3. The number of carboxylic acids is 1. The molecule has 1 aromatic carbocycles. The second-order valence-electron chi connectivity index (χ2n) is 4.10. The number of carboxylic acid groups (broad SMARTS) is 1. The number of hydrogen-bond donors (Lipinski definition) is 2. The number of rotatable bonds is 4. The predicted molar refractivity (Wildman–Crippen MR) is 64.0 cm³/mol. The molecule has 0 bridgehead atoms. The van der Waals surface area contributed by atoms with Crippen LogP contribution in [0.15, 0.2) is 28.7 Å². The zero-order valence-electron chi connectivity index (χ0n) is 9.73. The second-order valence-corrected chi connectivity index (χ2v) is 4.10. The summed E-state index contributed by atoms with van der Waals surface area (Å²) in [5, 5.41) is 12.0. The molecule has 0 radical (unpaired) electrons. The van der Waals surface area contributed by atoms with Crippen molar-refractivity contribution < 1.29 is 14.3 Å². The Kier molecular flexibility index (Phi) is 2.75. The SMILES string of the molecule is CCC(C)(Nc1nc2ccccc2o1)C(=O)O. The second kappa shape index (κ2) is 4.08. The van der Waals surface area contributed by atoms with Crippen molar-refractivity contribution in [2.45, 2.75) is 25.8 Å². The number of aromatic nitrogens is 1. The van der Waals surface area contributed by atoms with Crippen LogP contribution in [0.3, 0.4) is 0 Å². The molecule has 1 heterocycles. The van der Waals surface area contributed by atoms with Gasteiger partial charge in [0.25, 0.3) is 6.01 Å². The number of para-hydroxylation sites is 2. The van der Waals surface area contributed by atoms with Crippen molar-refractivity contribution in [2.75, 3.05) is 5.32 Å². The lowest BCUT2D eigenvalue weighted by Crippen LogP contribution is -2.42. The van der Waals surface area contributed by atoms with Gasteiger partial charge in [0.05, 0.1) is 0 Å². The van der Waals surface area contributed by atoms with Gasteiger partial charge in [0.1, 0.15) is 11.1 Å². The summed E-state index contributed by atoms with van der Waals surface area (Å²) in [5.74, 6) is -0.928. The van der Waals surface area contributed by atoms with Crippen LogP contribution in [0.2, 0.25) is 0 Å². The van der Waals surface area contributed by atoms with Crippen molar-refractivity contribution in [3.8, 4) is 0 Å². The summed E-state index contributed by atoms with van der Waals surface area (Å²) in [6, 6.07) is 7.53. The van der Waals surface area contributed by atoms with Crippen LogP contribution in [-0.2, 0) is 4.79 Å². The van der Waals surface area contributed by atoms with Gasteiger partial charge in [0.2, 0.25) is 0 Å². The maximum Gasteiger partial charge on any atom is 0.329 e. The molecule has 1 aromatic heterocycles. The van der Waals surface area contributed by atoms with E-state index >= 15 is 0 Å². The summed E-state index contributed by atoms with van der Waals surface area (Å²) in [7, 11) is 0. The van der Waals surface area contributed by atoms with Crippen LogP contribution in [0.1, 0.15) is 20.3 Å². The number of fused-ring (bicyclic) bond motifs is 1. The molecular weight excluding hydrogens is 220 g/mol. The Labute approximate surface area is 98.5 Å². The minimum Gasteiger partial charge on any atom is -0.480 e. The molecule has 0 aliphatic carbocycles. The highest BCUT2D eigenvalue weighted by Gasteiger charge is 2.32. The monoisotopic (exact) mass is 234 g/mol. The number of nitrogens with one attached hydrogen (secondary N) is 1. The summed E-state index contributed by atoms with van der Waals surface area (Å²) in [6.45, 7) is 3.40. The number of aliphatic carboxylic acids is 1. The highest BCUT2D eigenvalue weighted by Crippen LogP contribution is 2.22. The summed E-state index contributed by atoms with van der Waals surface area (Å²) < 4.78 is 5.43. The van der Waals surface area contributed by atoms with Crippen molar-refractivity contribution in [3.05, 3.63) is 24.3 Å². The minimum absolute atomic E-state index is 0.234. The number of nitrogens with zero attached hydrogens (tertiary/aromatic N) is 1. The summed E-state index contributed by atoms with van der Waals surface area (Å²) in [6.07, 6.45) is 0.432. The van der Waals surface area contributed by atoms with Gasteiger partial charge in [0, 0.05) is 0 Å². The molecule has 5 nitrogen and oxygen atoms in total. The van der Waals surface area contributed by atoms with Gasteiger partial charge in [-0.25, -0.2) is 4.79 Å². The molecule has 0 aliphatic heterocycles. The van der Waals surface area contributed by atoms with Gasteiger partial charge in [-0.15, -0.1) is 0 Å². The fourth-order valence-corrected chi connectivity index (χ4v) is 1.45. The molecule has 0 amide bonds. The Morgan fingerprint density at radius 3 is 2.82 bits per heavy atom. The van der Waals surface area contributed by atoms with E-state index in [2.05, 4.69) is 10.3 Å². The van der Waals surface area contributed by atoms with Crippen LogP contribution in [-0.4, -0.2) is 21.6 Å². The van der Waals surface area contributed by atoms with Gasteiger partial charge in [-0.3, -0.25) is 0 Å². The van der Waals surface area contributed by atoms with Crippen LogP contribution in [0.4, 0.5) is 6.01 Å². The van der Waals surface area contributed by atoms with E-state index in [1.54, 1.807) is 19.9 Å². The number of hydrogen-bond acceptors (Lipinski definition) is 4. The first-order valence-electron chi connectivity index (χ1n) is 5.42. The molecule has 2 N–H and O–H groups in total. The fraction of sp³-hybridized carbons (Fsp3) is 0.333. The average molecular weight is 234 g/mol. The Bertz CT molecular complexity index is 516. The molecule has 5 heteroatoms. The first-order valence-corrected chi connectivity index (χ1v) is 5.42. The number of oxazole rings is 1. The lowest BCUT2D eigenvalue weighted by atomic mass is 10.00. The van der Waals surface area contributed by atoms with Crippen LogP contribution >= 0.6 is 0 Å². The van der Waals surface area contributed by atoms with Crippen molar-refractivity contribution >= 4 is 23.1 Å². The molecule has 17 heavy (non-hydrogen) atoms. The number of benzene rings is 1. The van der Waals surface area contributed by atoms with Gasteiger partial charge < -0.3 is 14.8 Å². The van der Waals surface area contributed by atoms with E-state index in [-0.39, 0.29) is 6.01 Å². The Balaban J connectivity index is 2.32. The van der Waals surface area contributed by atoms with Crippen LogP contribution in [0, 0.1) is 0 Å². The van der Waals surface area contributed by atoms with E-state index in [9.17, 15) is 4.79 Å². The van der Waals surface area contributed by atoms with E-state index < -0.39 is 11.5 Å². The lowest BCUT2D eigenvalue weighted by Gasteiger charge is -2.23. The first kappa shape index (κ1) is 11.4. The Hall–Kier alpha value is -2.04. The molecule has 2 rings (SSSR count). The standard InChI is InChI=1S/C12H14N2O3/c1-3-12(2,10(15)16)14-11-13-8-6-4-5-7-9(8)17-11/h4-7H,3H2,1-2H3,(H,13,14)(H,15,16). The smallest absolute Gasteiger partial charge is 0.329 e. The third-order valence-corrected chi connectivity index (χ3v) is 2.86. The number of anilines is 1. The predicted octanol–water partition coefficient (Wildman–Crippen LogP) is 2.49. The van der Waals surface area contributed by atoms with E-state index in [0.717, 1.165) is 0 Å². The molecule has 2 aromatic rings. The maximum absolute atomic E-state index is 11.1. The topological polar surface area (TPSA) is 75.4 Å². The highest BCUT2D eigenvalue weighted by atomic mass is 16.4. The molecule has 1 atom stereocenters. The van der Waals surface area contributed by atoms with E-state index in [4.69, 9.17) is 9.52 Å². The van der Waals surface area contributed by atoms with Crippen LogP contribution < -0.4 is 5.32 Å². The minimum atomic E-state index is -1.07. The third-order valence-electron chi connectivity index (χ3n) is 2.86. The van der Waals surface area contributed by atoms with E-state index in [1.807, 2.05) is 18.2 Å². The molecule has 90 valence electrons. The van der Waals surface area contributed by atoms with Gasteiger partial charge in [-0.1, -0.05) is 19.1 Å². The molecule has 0 aliphatic rings. The zero-order chi connectivity index (χ0) is 12.5. The van der Waals surface area contributed by atoms with Gasteiger partial charge in [0.15, 0.2) is 5.58 Å². The van der Waals surface area contributed by atoms with Gasteiger partial charge in [-0.05, 0) is 25.5 Å². The van der Waals surface area contributed by atoms with Gasteiger partial charge in [-0.2, -0.15) is 4.98 Å². The molecule has 0 spiro atoms. The highest BCUT2D eigenvalue weighted by molar-refractivity contribution is 5.82. The molecule has 1 unspecified atom stereocenters. The number of carbonyl (C=O) groups is 1. The van der Waals surface area contributed by atoms with E-state index in [1.165, 1.54) is 0 Å². The fourth-order valence-electron chi connectivity index (χ4n) is 1.45. The van der Waals surface area contributed by atoms with Crippen molar-refractivity contribution in [2.24, 2.45) is 0 Å². The third kappa shape index (κ3) is 2.08. The summed E-state index contributed by atoms with van der Waals surface area (Å²) in [5.41, 5.74) is 0.277. The Morgan fingerprint density at radius 2 is 2.24 bits per heavy atom. The lowest BCUT2D eigenvalue weighted by molar-refractivity contribution is -0.141. The van der Waals surface area contributed by atoms with Gasteiger partial charge >= 0.3 is 5.97 Å². The van der Waals surface area contributed by atoms with Crippen molar-refractivity contribution in [1.82, 2.24) is 4.98 Å². The van der Waals surface area contributed by atoms with Crippen molar-refractivity contribution in [1.29, 1.82) is 0 Å².